The summed E-state index contributed by atoms with van der Waals surface area (Å²) < 4.78 is 6.59. The number of halogens is 1. The average molecular weight is 339 g/mol. The third-order valence-corrected chi connectivity index (χ3v) is 3.31. The van der Waals surface area contributed by atoms with Gasteiger partial charge in [-0.05, 0) is 26.0 Å². The maximum absolute atomic E-state index is 12.0. The van der Waals surface area contributed by atoms with Crippen LogP contribution in [-0.4, -0.2) is 27.2 Å². The second-order valence-electron chi connectivity index (χ2n) is 4.68. The molecule has 0 radical (unpaired) electrons. The third-order valence-electron chi connectivity index (χ3n) is 2.94. The number of amides is 1. The van der Waals surface area contributed by atoms with Crippen LogP contribution < -0.4 is 10.1 Å². The van der Waals surface area contributed by atoms with Crippen LogP contribution in [0.1, 0.15) is 12.6 Å². The molecule has 0 bridgehead atoms. The molecule has 0 unspecified atom stereocenters. The van der Waals surface area contributed by atoms with Gasteiger partial charge in [-0.1, -0.05) is 11.6 Å². The number of anilines is 1. The molecule has 0 spiro atoms. The fourth-order valence-electron chi connectivity index (χ4n) is 1.94. The summed E-state index contributed by atoms with van der Waals surface area (Å²) in [5.41, 5.74) is 0.462. The number of ether oxygens (including phenoxy) is 1. The van der Waals surface area contributed by atoms with E-state index in [0.29, 0.717) is 23.1 Å². The number of carbonyl (C=O) groups excluding carboxylic acids is 1. The van der Waals surface area contributed by atoms with Crippen LogP contribution >= 0.6 is 11.6 Å². The van der Waals surface area contributed by atoms with Gasteiger partial charge >= 0.3 is 0 Å². The van der Waals surface area contributed by atoms with Crippen molar-refractivity contribution < 1.29 is 14.5 Å². The fraction of sp³-hybridized carbons (Fsp3) is 0.286. The molecular weight excluding hydrogens is 324 g/mol. The zero-order valence-corrected chi connectivity index (χ0v) is 13.3. The summed E-state index contributed by atoms with van der Waals surface area (Å²) in [6.45, 7) is 3.78. The van der Waals surface area contributed by atoms with E-state index in [-0.39, 0.29) is 17.9 Å². The molecule has 122 valence electrons. The highest BCUT2D eigenvalue weighted by Gasteiger charge is 2.18. The topological polar surface area (TPSA) is 99.3 Å². The van der Waals surface area contributed by atoms with Gasteiger partial charge in [-0.15, -0.1) is 0 Å². The molecule has 1 heterocycles. The Labute approximate surface area is 137 Å². The monoisotopic (exact) mass is 338 g/mol. The summed E-state index contributed by atoms with van der Waals surface area (Å²) in [7, 11) is 0. The van der Waals surface area contributed by atoms with Crippen LogP contribution in [0.2, 0.25) is 5.02 Å². The molecule has 0 fully saturated rings. The van der Waals surface area contributed by atoms with Crippen molar-refractivity contribution in [1.82, 2.24) is 9.78 Å². The lowest BCUT2D eigenvalue weighted by Crippen LogP contribution is -2.19. The summed E-state index contributed by atoms with van der Waals surface area (Å²) in [4.78, 5) is 22.6. The lowest BCUT2D eigenvalue weighted by molar-refractivity contribution is -0.384. The average Bonchev–Trinajstić information content (AvgIpc) is 2.78. The maximum Gasteiger partial charge on any atom is 0.296 e. The van der Waals surface area contributed by atoms with Gasteiger partial charge in [0.1, 0.15) is 18.0 Å². The molecule has 1 aromatic carbocycles. The summed E-state index contributed by atoms with van der Waals surface area (Å²) >= 11 is 5.87. The molecule has 8 nitrogen and oxygen atoms in total. The van der Waals surface area contributed by atoms with E-state index in [4.69, 9.17) is 16.3 Å². The van der Waals surface area contributed by atoms with Crippen molar-refractivity contribution in [3.05, 3.63) is 45.2 Å². The summed E-state index contributed by atoms with van der Waals surface area (Å²) in [6, 6.07) is 4.26. The highest BCUT2D eigenvalue weighted by molar-refractivity contribution is 6.31. The van der Waals surface area contributed by atoms with E-state index in [1.165, 1.54) is 23.0 Å². The zero-order chi connectivity index (χ0) is 17.0. The number of nitro benzene ring substituents is 1. The van der Waals surface area contributed by atoms with Crippen molar-refractivity contribution in [2.24, 2.45) is 0 Å². The molecule has 1 amide bonds. The molecule has 0 aliphatic rings. The van der Waals surface area contributed by atoms with Gasteiger partial charge in [-0.2, -0.15) is 5.10 Å². The van der Waals surface area contributed by atoms with E-state index in [1.54, 1.807) is 19.9 Å². The maximum atomic E-state index is 12.0. The van der Waals surface area contributed by atoms with Gasteiger partial charge in [-0.25, -0.2) is 0 Å². The highest BCUT2D eigenvalue weighted by Crippen LogP contribution is 2.29. The van der Waals surface area contributed by atoms with Gasteiger partial charge in [0, 0.05) is 6.20 Å². The Morgan fingerprint density at radius 2 is 2.26 bits per heavy atom. The van der Waals surface area contributed by atoms with Crippen LogP contribution in [-0.2, 0) is 11.3 Å². The fourth-order valence-corrected chi connectivity index (χ4v) is 2.09. The van der Waals surface area contributed by atoms with Gasteiger partial charge in [-0.3, -0.25) is 19.6 Å². The molecule has 23 heavy (non-hydrogen) atoms. The Kier molecular flexibility index (Phi) is 5.17. The van der Waals surface area contributed by atoms with Crippen molar-refractivity contribution in [1.29, 1.82) is 0 Å². The third kappa shape index (κ3) is 4.19. The predicted octanol–water partition coefficient (Wildman–Crippen LogP) is 2.79. The van der Waals surface area contributed by atoms with Crippen LogP contribution in [0.25, 0.3) is 0 Å². The summed E-state index contributed by atoms with van der Waals surface area (Å²) in [5.74, 6) is -0.0805. The number of nitrogens with zero attached hydrogens (tertiary/aromatic N) is 3. The Balaban J connectivity index is 2.14. The number of hydrogen-bond acceptors (Lipinski definition) is 5. The van der Waals surface area contributed by atoms with Crippen LogP contribution in [0, 0.1) is 17.0 Å². The quantitative estimate of drug-likeness (QED) is 0.645. The zero-order valence-electron chi connectivity index (χ0n) is 12.6. The molecule has 0 aliphatic heterocycles. The molecule has 2 rings (SSSR count). The molecule has 1 N–H and O–H groups in total. The number of nitrogens with one attached hydrogen (secondary N) is 1. The molecule has 0 saturated carbocycles. The Hall–Kier alpha value is -2.61. The first-order valence-electron chi connectivity index (χ1n) is 6.81. The minimum atomic E-state index is -0.576. The van der Waals surface area contributed by atoms with Crippen molar-refractivity contribution in [2.45, 2.75) is 20.4 Å². The van der Waals surface area contributed by atoms with E-state index >= 15 is 0 Å². The largest absolute Gasteiger partial charge is 0.494 e. The first kappa shape index (κ1) is 16.8. The lowest BCUT2D eigenvalue weighted by Gasteiger charge is -2.08. The van der Waals surface area contributed by atoms with Gasteiger partial charge in [0.25, 0.3) is 5.69 Å². The van der Waals surface area contributed by atoms with Crippen molar-refractivity contribution >= 4 is 28.9 Å². The SMILES string of the molecule is CCOc1ccc(NC(=O)Cn2cc(Cl)c(C)n2)c([N+](=O)[O-])c1. The molecular formula is C14H15ClN4O4. The first-order chi connectivity index (χ1) is 10.9. The van der Waals surface area contributed by atoms with E-state index in [2.05, 4.69) is 10.4 Å². The van der Waals surface area contributed by atoms with E-state index in [0.717, 1.165) is 0 Å². The van der Waals surface area contributed by atoms with Crippen molar-refractivity contribution in [3.63, 3.8) is 0 Å². The highest BCUT2D eigenvalue weighted by atomic mass is 35.5. The van der Waals surface area contributed by atoms with Crippen LogP contribution in [0.15, 0.2) is 24.4 Å². The smallest absolute Gasteiger partial charge is 0.296 e. The summed E-state index contributed by atoms with van der Waals surface area (Å²) in [6.07, 6.45) is 1.52. The number of hydrogen-bond donors (Lipinski definition) is 1. The number of carbonyl (C=O) groups is 1. The molecule has 0 aliphatic carbocycles. The first-order valence-corrected chi connectivity index (χ1v) is 7.19. The van der Waals surface area contributed by atoms with Gasteiger partial charge < -0.3 is 10.1 Å². The second-order valence-corrected chi connectivity index (χ2v) is 5.08. The molecule has 9 heteroatoms. The number of aryl methyl sites for hydroxylation is 1. The second kappa shape index (κ2) is 7.10. The van der Waals surface area contributed by atoms with Crippen molar-refractivity contribution in [3.8, 4) is 5.75 Å². The van der Waals surface area contributed by atoms with E-state index < -0.39 is 10.8 Å². The van der Waals surface area contributed by atoms with Gasteiger partial charge in [0.2, 0.25) is 5.91 Å². The molecule has 0 atom stereocenters. The number of aromatic nitrogens is 2. The molecule has 0 saturated heterocycles. The number of benzene rings is 1. The Morgan fingerprint density at radius 1 is 1.52 bits per heavy atom. The lowest BCUT2D eigenvalue weighted by atomic mass is 10.2. The predicted molar refractivity (Wildman–Crippen MR) is 84.9 cm³/mol. The van der Waals surface area contributed by atoms with E-state index in [1.807, 2.05) is 0 Å². The standard InChI is InChI=1S/C14H15ClN4O4/c1-3-23-10-4-5-12(13(6-10)19(21)22)16-14(20)8-18-7-11(15)9(2)17-18/h4-7H,3,8H2,1-2H3,(H,16,20). The Bertz CT molecular complexity index is 725. The van der Waals surface area contributed by atoms with Gasteiger partial charge in [0.05, 0.1) is 28.3 Å². The summed E-state index contributed by atoms with van der Waals surface area (Å²) in [5, 5.41) is 18.1. The van der Waals surface area contributed by atoms with Gasteiger partial charge in [0.15, 0.2) is 0 Å². The van der Waals surface area contributed by atoms with E-state index in [9.17, 15) is 14.9 Å². The van der Waals surface area contributed by atoms with Crippen molar-refractivity contribution in [2.75, 3.05) is 11.9 Å². The molecule has 2 aromatic rings. The normalized spacial score (nSPS) is 10.4. The minimum absolute atomic E-state index is 0.0958. The number of rotatable bonds is 6. The molecule has 1 aromatic heterocycles. The Morgan fingerprint density at radius 3 is 2.83 bits per heavy atom. The van der Waals surface area contributed by atoms with Crippen LogP contribution in [0.4, 0.5) is 11.4 Å². The number of nitro groups is 1. The minimum Gasteiger partial charge on any atom is -0.494 e. The van der Waals surface area contributed by atoms with Crippen LogP contribution in [0.3, 0.4) is 0 Å². The van der Waals surface area contributed by atoms with Crippen LogP contribution in [0.5, 0.6) is 5.75 Å².